The Hall–Kier alpha value is -0.970. The number of aromatic nitrogens is 1. The van der Waals surface area contributed by atoms with E-state index in [1.807, 2.05) is 13.8 Å². The first-order valence-corrected chi connectivity index (χ1v) is 5.66. The highest BCUT2D eigenvalue weighted by atomic mass is 35.5. The van der Waals surface area contributed by atoms with E-state index in [1.54, 1.807) is 0 Å². The Bertz CT molecular complexity index is 366. The van der Waals surface area contributed by atoms with Crippen LogP contribution in [0.1, 0.15) is 19.4 Å². The van der Waals surface area contributed by atoms with Gasteiger partial charge in [0, 0.05) is 12.7 Å². The van der Waals surface area contributed by atoms with E-state index in [9.17, 15) is 13.2 Å². The van der Waals surface area contributed by atoms with Gasteiger partial charge < -0.3 is 5.32 Å². The minimum absolute atomic E-state index is 0.175. The Morgan fingerprint density at radius 1 is 1.41 bits per heavy atom. The van der Waals surface area contributed by atoms with Crippen molar-refractivity contribution in [3.63, 3.8) is 0 Å². The van der Waals surface area contributed by atoms with Crippen LogP contribution in [0.15, 0.2) is 18.3 Å². The zero-order chi connectivity index (χ0) is 13.1. The van der Waals surface area contributed by atoms with Crippen LogP contribution in [0.4, 0.5) is 19.0 Å². The molecule has 1 aromatic heterocycles. The molecule has 0 aliphatic rings. The Balaban J connectivity index is 2.78. The highest BCUT2D eigenvalue weighted by Gasteiger charge is 2.34. The van der Waals surface area contributed by atoms with Crippen molar-refractivity contribution >= 4 is 17.4 Å². The standard InChI is InChI=1S/C11H14ClF3N2/c1-7(2)9(12)6-17-10-8(11(13,14)15)4-3-5-16-10/h3-5,7,9H,6H2,1-2H3,(H,16,17). The van der Waals surface area contributed by atoms with Gasteiger partial charge in [-0.2, -0.15) is 13.2 Å². The first-order chi connectivity index (χ1) is 7.82. The number of nitrogens with one attached hydrogen (secondary N) is 1. The van der Waals surface area contributed by atoms with E-state index < -0.39 is 11.7 Å². The molecule has 1 atom stereocenters. The molecule has 1 N–H and O–H groups in total. The summed E-state index contributed by atoms with van der Waals surface area (Å²) in [5, 5.41) is 2.40. The van der Waals surface area contributed by atoms with E-state index in [0.29, 0.717) is 0 Å². The van der Waals surface area contributed by atoms with Crippen LogP contribution in [0.5, 0.6) is 0 Å². The minimum Gasteiger partial charge on any atom is -0.368 e. The number of alkyl halides is 4. The third-order valence-electron chi connectivity index (χ3n) is 2.30. The first kappa shape index (κ1) is 14.1. The Morgan fingerprint density at radius 2 is 2.06 bits per heavy atom. The summed E-state index contributed by atoms with van der Waals surface area (Å²) in [7, 11) is 0. The number of nitrogens with zero attached hydrogens (tertiary/aromatic N) is 1. The largest absolute Gasteiger partial charge is 0.419 e. The first-order valence-electron chi connectivity index (χ1n) is 5.22. The molecule has 1 heterocycles. The smallest absolute Gasteiger partial charge is 0.368 e. The van der Waals surface area contributed by atoms with Crippen molar-refractivity contribution in [2.24, 2.45) is 5.92 Å². The zero-order valence-electron chi connectivity index (χ0n) is 9.55. The number of hydrogen-bond acceptors (Lipinski definition) is 2. The molecule has 96 valence electrons. The van der Waals surface area contributed by atoms with E-state index in [0.717, 1.165) is 6.07 Å². The normalized spacial score (nSPS) is 13.8. The lowest BCUT2D eigenvalue weighted by Crippen LogP contribution is -2.22. The molecule has 2 nitrogen and oxygen atoms in total. The third-order valence-corrected chi connectivity index (χ3v) is 2.96. The maximum Gasteiger partial charge on any atom is 0.419 e. The zero-order valence-corrected chi connectivity index (χ0v) is 10.3. The lowest BCUT2D eigenvalue weighted by molar-refractivity contribution is -0.137. The van der Waals surface area contributed by atoms with Crippen LogP contribution >= 0.6 is 11.6 Å². The second-order valence-electron chi connectivity index (χ2n) is 4.04. The van der Waals surface area contributed by atoms with Gasteiger partial charge in [-0.15, -0.1) is 11.6 Å². The minimum atomic E-state index is -4.41. The summed E-state index contributed by atoms with van der Waals surface area (Å²) >= 11 is 5.96. The Labute approximate surface area is 103 Å². The van der Waals surface area contributed by atoms with Crippen molar-refractivity contribution in [1.82, 2.24) is 4.98 Å². The number of hydrogen-bond donors (Lipinski definition) is 1. The highest BCUT2D eigenvalue weighted by molar-refractivity contribution is 6.21. The molecule has 0 aliphatic carbocycles. The third kappa shape index (κ3) is 4.07. The van der Waals surface area contributed by atoms with Gasteiger partial charge in [0.2, 0.25) is 0 Å². The fourth-order valence-corrected chi connectivity index (χ4v) is 1.28. The van der Waals surface area contributed by atoms with Gasteiger partial charge in [0.25, 0.3) is 0 Å². The van der Waals surface area contributed by atoms with Crippen LogP contribution in [-0.4, -0.2) is 16.9 Å². The molecule has 0 fully saturated rings. The van der Waals surface area contributed by atoms with Crippen molar-refractivity contribution in [1.29, 1.82) is 0 Å². The summed E-state index contributed by atoms with van der Waals surface area (Å²) < 4.78 is 37.9. The number of halogens is 4. The molecule has 0 spiro atoms. The van der Waals surface area contributed by atoms with Crippen LogP contribution in [0.3, 0.4) is 0 Å². The SMILES string of the molecule is CC(C)C(Cl)CNc1ncccc1C(F)(F)F. The van der Waals surface area contributed by atoms with E-state index in [1.165, 1.54) is 12.3 Å². The lowest BCUT2D eigenvalue weighted by atomic mass is 10.1. The van der Waals surface area contributed by atoms with Gasteiger partial charge in [-0.1, -0.05) is 13.8 Å². The second-order valence-corrected chi connectivity index (χ2v) is 4.60. The van der Waals surface area contributed by atoms with Gasteiger partial charge in [0.1, 0.15) is 5.82 Å². The Morgan fingerprint density at radius 3 is 2.59 bits per heavy atom. The maximum absolute atomic E-state index is 12.6. The lowest BCUT2D eigenvalue weighted by Gasteiger charge is -2.17. The Kier molecular flexibility index (Phi) is 4.62. The quantitative estimate of drug-likeness (QED) is 0.839. The van der Waals surface area contributed by atoms with Gasteiger partial charge in [0.05, 0.1) is 10.9 Å². The number of anilines is 1. The van der Waals surface area contributed by atoms with Crippen LogP contribution in [0.2, 0.25) is 0 Å². The molecule has 0 saturated heterocycles. The molecule has 17 heavy (non-hydrogen) atoms. The highest BCUT2D eigenvalue weighted by Crippen LogP contribution is 2.33. The van der Waals surface area contributed by atoms with Gasteiger partial charge in [0.15, 0.2) is 0 Å². The molecule has 0 radical (unpaired) electrons. The summed E-state index contributed by atoms with van der Waals surface area (Å²) in [4.78, 5) is 3.69. The van der Waals surface area contributed by atoms with Crippen molar-refractivity contribution in [2.75, 3.05) is 11.9 Å². The summed E-state index contributed by atoms with van der Waals surface area (Å²) in [5.41, 5.74) is -0.771. The van der Waals surface area contributed by atoms with E-state index >= 15 is 0 Å². The van der Waals surface area contributed by atoms with Crippen molar-refractivity contribution in [3.05, 3.63) is 23.9 Å². The van der Waals surface area contributed by atoms with Crippen LogP contribution < -0.4 is 5.32 Å². The second kappa shape index (κ2) is 5.58. The van der Waals surface area contributed by atoms with Gasteiger partial charge in [-0.25, -0.2) is 4.98 Å². The average molecular weight is 267 g/mol. The van der Waals surface area contributed by atoms with Crippen molar-refractivity contribution in [3.8, 4) is 0 Å². The molecular formula is C11H14ClF3N2. The van der Waals surface area contributed by atoms with Crippen LogP contribution in [-0.2, 0) is 6.18 Å². The molecule has 0 aliphatic heterocycles. The fourth-order valence-electron chi connectivity index (χ4n) is 1.20. The molecule has 0 aromatic carbocycles. The summed E-state index contributed by atoms with van der Waals surface area (Å²) in [6, 6.07) is 2.25. The van der Waals surface area contributed by atoms with Crippen LogP contribution in [0, 0.1) is 5.92 Å². The number of pyridine rings is 1. The van der Waals surface area contributed by atoms with Crippen LogP contribution in [0.25, 0.3) is 0 Å². The molecule has 0 saturated carbocycles. The van der Waals surface area contributed by atoms with Gasteiger partial charge in [-0.3, -0.25) is 0 Å². The summed E-state index contributed by atoms with van der Waals surface area (Å²) in [6.07, 6.45) is -3.09. The molecule has 1 aromatic rings. The van der Waals surface area contributed by atoms with Crippen molar-refractivity contribution in [2.45, 2.75) is 25.4 Å². The fraction of sp³-hybridized carbons (Fsp3) is 0.545. The predicted molar refractivity (Wildman–Crippen MR) is 62.2 cm³/mol. The van der Waals surface area contributed by atoms with E-state index in [2.05, 4.69) is 10.3 Å². The molecule has 6 heteroatoms. The van der Waals surface area contributed by atoms with Gasteiger partial charge >= 0.3 is 6.18 Å². The predicted octanol–water partition coefficient (Wildman–Crippen LogP) is 3.78. The molecule has 1 unspecified atom stereocenters. The maximum atomic E-state index is 12.6. The summed E-state index contributed by atoms with van der Waals surface area (Å²) in [6.45, 7) is 4.06. The molecule has 0 amide bonds. The van der Waals surface area contributed by atoms with Gasteiger partial charge in [-0.05, 0) is 18.1 Å². The average Bonchev–Trinajstić information content (AvgIpc) is 2.24. The topological polar surface area (TPSA) is 24.9 Å². The number of rotatable bonds is 4. The van der Waals surface area contributed by atoms with Crippen molar-refractivity contribution < 1.29 is 13.2 Å². The molecule has 1 rings (SSSR count). The summed E-state index contributed by atoms with van der Waals surface area (Å²) in [5.74, 6) is 0.00788. The van der Waals surface area contributed by atoms with E-state index in [-0.39, 0.29) is 23.7 Å². The van der Waals surface area contributed by atoms with E-state index in [4.69, 9.17) is 11.6 Å². The molecular weight excluding hydrogens is 253 g/mol. The monoisotopic (exact) mass is 266 g/mol. The molecule has 0 bridgehead atoms.